The van der Waals surface area contributed by atoms with E-state index in [9.17, 15) is 4.79 Å². The molecule has 100 valence electrons. The lowest BCUT2D eigenvalue weighted by atomic mass is 10.1. The Hall–Kier alpha value is -2.06. The van der Waals surface area contributed by atoms with Crippen molar-refractivity contribution in [3.8, 4) is 6.07 Å². The summed E-state index contributed by atoms with van der Waals surface area (Å²) >= 11 is 0. The SMILES string of the molecule is Cc1ccc(C#N)cc1NCC(=O)N1CCOCC1. The van der Waals surface area contributed by atoms with Gasteiger partial charge in [-0.25, -0.2) is 0 Å². The molecule has 1 aromatic carbocycles. The molecule has 2 rings (SSSR count). The maximum atomic E-state index is 12.0. The number of rotatable bonds is 3. The van der Waals surface area contributed by atoms with Crippen molar-refractivity contribution in [2.45, 2.75) is 6.92 Å². The van der Waals surface area contributed by atoms with Gasteiger partial charge in [0.15, 0.2) is 0 Å². The number of anilines is 1. The van der Waals surface area contributed by atoms with Crippen LogP contribution in [-0.4, -0.2) is 43.7 Å². The number of carbonyl (C=O) groups is 1. The number of hydrogen-bond donors (Lipinski definition) is 1. The maximum absolute atomic E-state index is 12.0. The molecule has 0 unspecified atom stereocenters. The number of nitrogens with zero attached hydrogens (tertiary/aromatic N) is 2. The minimum Gasteiger partial charge on any atom is -0.378 e. The second kappa shape index (κ2) is 6.21. The molecule has 0 saturated carbocycles. The lowest BCUT2D eigenvalue weighted by Gasteiger charge is -2.27. The predicted molar refractivity (Wildman–Crippen MR) is 71.8 cm³/mol. The van der Waals surface area contributed by atoms with Crippen molar-refractivity contribution in [1.82, 2.24) is 4.90 Å². The molecule has 1 aliphatic rings. The number of benzene rings is 1. The summed E-state index contributed by atoms with van der Waals surface area (Å²) in [6.45, 7) is 4.71. The molecule has 0 bridgehead atoms. The molecule has 0 radical (unpaired) electrons. The van der Waals surface area contributed by atoms with Crippen LogP contribution in [0.4, 0.5) is 5.69 Å². The molecule has 1 N–H and O–H groups in total. The Morgan fingerprint density at radius 2 is 2.21 bits per heavy atom. The van der Waals surface area contributed by atoms with E-state index in [2.05, 4.69) is 11.4 Å². The highest BCUT2D eigenvalue weighted by molar-refractivity contribution is 5.81. The van der Waals surface area contributed by atoms with Gasteiger partial charge in [0.25, 0.3) is 0 Å². The van der Waals surface area contributed by atoms with E-state index in [-0.39, 0.29) is 12.5 Å². The van der Waals surface area contributed by atoms with E-state index in [4.69, 9.17) is 10.00 Å². The highest BCUT2D eigenvalue weighted by atomic mass is 16.5. The molecule has 1 fully saturated rings. The predicted octanol–water partition coefficient (Wildman–Crippen LogP) is 1.14. The van der Waals surface area contributed by atoms with Gasteiger partial charge < -0.3 is 15.0 Å². The van der Waals surface area contributed by atoms with Crippen molar-refractivity contribution >= 4 is 11.6 Å². The summed E-state index contributed by atoms with van der Waals surface area (Å²) in [5, 5.41) is 12.0. The van der Waals surface area contributed by atoms with E-state index >= 15 is 0 Å². The number of morpholine rings is 1. The molecule has 1 aromatic rings. The molecule has 5 heteroatoms. The molecule has 0 aliphatic carbocycles. The van der Waals surface area contributed by atoms with Crippen LogP contribution in [0.1, 0.15) is 11.1 Å². The van der Waals surface area contributed by atoms with Gasteiger partial charge in [0.2, 0.25) is 5.91 Å². The second-order valence-corrected chi connectivity index (χ2v) is 4.49. The highest BCUT2D eigenvalue weighted by Gasteiger charge is 2.16. The number of carbonyl (C=O) groups excluding carboxylic acids is 1. The summed E-state index contributed by atoms with van der Waals surface area (Å²) in [4.78, 5) is 13.8. The summed E-state index contributed by atoms with van der Waals surface area (Å²) < 4.78 is 5.21. The number of nitriles is 1. The van der Waals surface area contributed by atoms with E-state index in [1.165, 1.54) is 0 Å². The standard InChI is InChI=1S/C14H17N3O2/c1-11-2-3-12(9-15)8-13(11)16-10-14(18)17-4-6-19-7-5-17/h2-3,8,16H,4-7,10H2,1H3. The first kappa shape index (κ1) is 13.4. The molecule has 1 heterocycles. The average molecular weight is 259 g/mol. The van der Waals surface area contributed by atoms with Crippen LogP contribution in [0.15, 0.2) is 18.2 Å². The monoisotopic (exact) mass is 259 g/mol. The Morgan fingerprint density at radius 3 is 2.89 bits per heavy atom. The molecule has 0 aromatic heterocycles. The van der Waals surface area contributed by atoms with Crippen LogP contribution in [0.5, 0.6) is 0 Å². The van der Waals surface area contributed by atoms with Crippen molar-refractivity contribution < 1.29 is 9.53 Å². The van der Waals surface area contributed by atoms with E-state index in [0.29, 0.717) is 31.9 Å². The Morgan fingerprint density at radius 1 is 1.47 bits per heavy atom. The third-order valence-electron chi connectivity index (χ3n) is 3.16. The highest BCUT2D eigenvalue weighted by Crippen LogP contribution is 2.16. The Bertz CT molecular complexity index is 502. The summed E-state index contributed by atoms with van der Waals surface area (Å²) in [5.41, 5.74) is 2.45. The van der Waals surface area contributed by atoms with Gasteiger partial charge in [-0.3, -0.25) is 4.79 Å². The zero-order valence-corrected chi connectivity index (χ0v) is 11.0. The molecule has 0 spiro atoms. The van der Waals surface area contributed by atoms with Crippen LogP contribution in [0.2, 0.25) is 0 Å². The topological polar surface area (TPSA) is 65.4 Å². The first-order valence-corrected chi connectivity index (χ1v) is 6.31. The van der Waals surface area contributed by atoms with Crippen LogP contribution in [0.3, 0.4) is 0 Å². The number of ether oxygens (including phenoxy) is 1. The van der Waals surface area contributed by atoms with Crippen LogP contribution < -0.4 is 5.32 Å². The van der Waals surface area contributed by atoms with Gasteiger partial charge in [-0.2, -0.15) is 5.26 Å². The molecule has 19 heavy (non-hydrogen) atoms. The first-order valence-electron chi connectivity index (χ1n) is 6.31. The van der Waals surface area contributed by atoms with Gasteiger partial charge in [0.1, 0.15) is 0 Å². The number of amides is 1. The van der Waals surface area contributed by atoms with E-state index in [1.54, 1.807) is 17.0 Å². The molecular formula is C14H17N3O2. The molecule has 1 aliphatic heterocycles. The summed E-state index contributed by atoms with van der Waals surface area (Å²) in [7, 11) is 0. The zero-order valence-electron chi connectivity index (χ0n) is 11.0. The van der Waals surface area contributed by atoms with Crippen molar-refractivity contribution in [1.29, 1.82) is 5.26 Å². The molecule has 5 nitrogen and oxygen atoms in total. The van der Waals surface area contributed by atoms with E-state index in [1.807, 2.05) is 13.0 Å². The molecule has 0 atom stereocenters. The number of hydrogen-bond acceptors (Lipinski definition) is 4. The van der Waals surface area contributed by atoms with Crippen molar-refractivity contribution in [2.75, 3.05) is 38.2 Å². The van der Waals surface area contributed by atoms with Crippen LogP contribution in [0, 0.1) is 18.3 Å². The normalized spacial score (nSPS) is 14.8. The zero-order chi connectivity index (χ0) is 13.7. The minimum atomic E-state index is 0.0602. The molecular weight excluding hydrogens is 242 g/mol. The van der Waals surface area contributed by atoms with Crippen molar-refractivity contribution in [3.63, 3.8) is 0 Å². The van der Waals surface area contributed by atoms with Gasteiger partial charge in [-0.05, 0) is 24.6 Å². The Labute approximate surface area is 112 Å². The Balaban J connectivity index is 1.94. The minimum absolute atomic E-state index is 0.0602. The summed E-state index contributed by atoms with van der Waals surface area (Å²) in [6, 6.07) is 7.50. The second-order valence-electron chi connectivity index (χ2n) is 4.49. The van der Waals surface area contributed by atoms with Gasteiger partial charge in [-0.1, -0.05) is 6.07 Å². The summed E-state index contributed by atoms with van der Waals surface area (Å²) in [6.07, 6.45) is 0. The van der Waals surface area contributed by atoms with Gasteiger partial charge in [0, 0.05) is 18.8 Å². The largest absolute Gasteiger partial charge is 0.378 e. The fourth-order valence-electron chi connectivity index (χ4n) is 1.98. The fraction of sp³-hybridized carbons (Fsp3) is 0.429. The van der Waals surface area contributed by atoms with Gasteiger partial charge in [0.05, 0.1) is 31.4 Å². The van der Waals surface area contributed by atoms with Gasteiger partial charge >= 0.3 is 0 Å². The van der Waals surface area contributed by atoms with E-state index in [0.717, 1.165) is 11.3 Å². The number of aryl methyl sites for hydroxylation is 1. The van der Waals surface area contributed by atoms with Crippen LogP contribution in [0.25, 0.3) is 0 Å². The summed E-state index contributed by atoms with van der Waals surface area (Å²) in [5.74, 6) is 0.0602. The Kier molecular flexibility index (Phi) is 4.37. The third kappa shape index (κ3) is 3.46. The van der Waals surface area contributed by atoms with E-state index < -0.39 is 0 Å². The average Bonchev–Trinajstić information content (AvgIpc) is 2.47. The molecule has 1 saturated heterocycles. The van der Waals surface area contributed by atoms with Crippen molar-refractivity contribution in [2.24, 2.45) is 0 Å². The lowest BCUT2D eigenvalue weighted by Crippen LogP contribution is -2.43. The van der Waals surface area contributed by atoms with Crippen LogP contribution in [-0.2, 0) is 9.53 Å². The van der Waals surface area contributed by atoms with Crippen molar-refractivity contribution in [3.05, 3.63) is 29.3 Å². The smallest absolute Gasteiger partial charge is 0.242 e. The lowest BCUT2D eigenvalue weighted by molar-refractivity contribution is -0.133. The fourth-order valence-corrected chi connectivity index (χ4v) is 1.98. The molecule has 1 amide bonds. The quantitative estimate of drug-likeness (QED) is 0.884. The number of nitrogens with one attached hydrogen (secondary N) is 1. The first-order chi connectivity index (χ1) is 9.20. The van der Waals surface area contributed by atoms with Gasteiger partial charge in [-0.15, -0.1) is 0 Å². The maximum Gasteiger partial charge on any atom is 0.242 e. The third-order valence-corrected chi connectivity index (χ3v) is 3.16. The van der Waals surface area contributed by atoms with Crippen LogP contribution >= 0.6 is 0 Å².